The fourth-order valence-electron chi connectivity index (χ4n) is 3.11. The summed E-state index contributed by atoms with van der Waals surface area (Å²) in [6.45, 7) is 0. The molecule has 3 aromatic carbocycles. The molecule has 4 aromatic rings. The average molecular weight is 372 g/mol. The van der Waals surface area contributed by atoms with Crippen LogP contribution in [0.25, 0.3) is 22.4 Å². The lowest BCUT2D eigenvalue weighted by Crippen LogP contribution is -2.11. The van der Waals surface area contributed by atoms with Crippen molar-refractivity contribution in [3.63, 3.8) is 0 Å². The summed E-state index contributed by atoms with van der Waals surface area (Å²) >= 11 is 0. The van der Waals surface area contributed by atoms with E-state index >= 15 is 0 Å². The van der Waals surface area contributed by atoms with Crippen LogP contribution < -0.4 is 15.8 Å². The number of aryl methyl sites for hydroxylation is 1. The van der Waals surface area contributed by atoms with E-state index in [2.05, 4.69) is 5.32 Å². The molecule has 1 aromatic heterocycles. The van der Waals surface area contributed by atoms with Gasteiger partial charge in [0.25, 0.3) is 5.91 Å². The van der Waals surface area contributed by atoms with Gasteiger partial charge in [-0.05, 0) is 66.7 Å². The summed E-state index contributed by atoms with van der Waals surface area (Å²) in [6.07, 6.45) is 0. The molecular formula is C22H20N4O2. The number of ether oxygens (including phenoxy) is 1. The molecule has 4 rings (SSSR count). The SMILES string of the molecule is COc1ccc(-c2nc3cc(NC(=O)c4ccc(N)cc4)ccc3n2C)cc1. The highest BCUT2D eigenvalue weighted by molar-refractivity contribution is 6.05. The number of nitrogens with zero attached hydrogens (tertiary/aromatic N) is 2. The van der Waals surface area contributed by atoms with Gasteiger partial charge in [0.05, 0.1) is 18.1 Å². The van der Waals surface area contributed by atoms with Crippen LogP contribution in [0.2, 0.25) is 0 Å². The molecule has 3 N–H and O–H groups in total. The Morgan fingerprint density at radius 3 is 2.43 bits per heavy atom. The Labute approximate surface area is 162 Å². The van der Waals surface area contributed by atoms with Crippen molar-refractivity contribution in [3.8, 4) is 17.1 Å². The number of aromatic nitrogens is 2. The monoisotopic (exact) mass is 372 g/mol. The van der Waals surface area contributed by atoms with Crippen LogP contribution in [0.1, 0.15) is 10.4 Å². The molecule has 0 bridgehead atoms. The van der Waals surface area contributed by atoms with Gasteiger partial charge in [-0.2, -0.15) is 0 Å². The molecule has 1 heterocycles. The van der Waals surface area contributed by atoms with Crippen molar-refractivity contribution in [2.75, 3.05) is 18.2 Å². The van der Waals surface area contributed by atoms with Gasteiger partial charge in [-0.3, -0.25) is 4.79 Å². The first-order valence-corrected chi connectivity index (χ1v) is 8.83. The van der Waals surface area contributed by atoms with Gasteiger partial charge >= 0.3 is 0 Å². The third kappa shape index (κ3) is 3.27. The first kappa shape index (κ1) is 17.6. The number of fused-ring (bicyclic) bond motifs is 1. The zero-order chi connectivity index (χ0) is 19.7. The van der Waals surface area contributed by atoms with E-state index in [0.717, 1.165) is 28.2 Å². The number of amides is 1. The zero-order valence-corrected chi connectivity index (χ0v) is 15.6. The van der Waals surface area contributed by atoms with Gasteiger partial charge in [0.15, 0.2) is 0 Å². The molecule has 0 fully saturated rings. The van der Waals surface area contributed by atoms with Crippen molar-refractivity contribution in [2.24, 2.45) is 7.05 Å². The lowest BCUT2D eigenvalue weighted by Gasteiger charge is -2.06. The van der Waals surface area contributed by atoms with Crippen LogP contribution in [0.5, 0.6) is 5.75 Å². The highest BCUT2D eigenvalue weighted by atomic mass is 16.5. The molecule has 0 aliphatic rings. The second kappa shape index (κ2) is 7.08. The van der Waals surface area contributed by atoms with Gasteiger partial charge in [0, 0.05) is 29.5 Å². The van der Waals surface area contributed by atoms with Crippen LogP contribution in [-0.2, 0) is 7.05 Å². The van der Waals surface area contributed by atoms with Gasteiger partial charge in [0.2, 0.25) is 0 Å². The molecule has 0 unspecified atom stereocenters. The topological polar surface area (TPSA) is 82.2 Å². The molecule has 0 atom stereocenters. The maximum absolute atomic E-state index is 12.4. The summed E-state index contributed by atoms with van der Waals surface area (Å²) in [5.74, 6) is 1.46. The predicted octanol–water partition coefficient (Wildman–Crippen LogP) is 4.08. The maximum atomic E-state index is 12.4. The highest BCUT2D eigenvalue weighted by Gasteiger charge is 2.12. The number of hydrogen-bond acceptors (Lipinski definition) is 4. The fraction of sp³-hybridized carbons (Fsp3) is 0.0909. The lowest BCUT2D eigenvalue weighted by atomic mass is 10.2. The van der Waals surface area contributed by atoms with E-state index in [0.29, 0.717) is 16.9 Å². The number of imidazole rings is 1. The van der Waals surface area contributed by atoms with E-state index in [1.54, 1.807) is 31.4 Å². The highest BCUT2D eigenvalue weighted by Crippen LogP contribution is 2.27. The van der Waals surface area contributed by atoms with Crippen molar-refractivity contribution in [1.29, 1.82) is 0 Å². The number of carbonyl (C=O) groups excluding carboxylic acids is 1. The van der Waals surface area contributed by atoms with Crippen LogP contribution in [0.15, 0.2) is 66.7 Å². The van der Waals surface area contributed by atoms with Crippen LogP contribution in [0.3, 0.4) is 0 Å². The molecule has 6 nitrogen and oxygen atoms in total. The van der Waals surface area contributed by atoms with Crippen LogP contribution in [0, 0.1) is 0 Å². The molecule has 0 saturated carbocycles. The number of rotatable bonds is 4. The Kier molecular flexibility index (Phi) is 4.45. The lowest BCUT2D eigenvalue weighted by molar-refractivity contribution is 0.102. The summed E-state index contributed by atoms with van der Waals surface area (Å²) in [5.41, 5.74) is 10.3. The smallest absolute Gasteiger partial charge is 0.255 e. The van der Waals surface area contributed by atoms with Gasteiger partial charge in [0.1, 0.15) is 11.6 Å². The summed E-state index contributed by atoms with van der Waals surface area (Å²) in [6, 6.07) is 20.3. The van der Waals surface area contributed by atoms with Gasteiger partial charge < -0.3 is 20.4 Å². The van der Waals surface area contributed by atoms with Crippen LogP contribution in [0.4, 0.5) is 11.4 Å². The van der Waals surface area contributed by atoms with Crippen molar-refractivity contribution < 1.29 is 9.53 Å². The number of benzene rings is 3. The average Bonchev–Trinajstić information content (AvgIpc) is 3.04. The quantitative estimate of drug-likeness (QED) is 0.529. The first-order valence-electron chi connectivity index (χ1n) is 8.83. The third-order valence-electron chi connectivity index (χ3n) is 4.66. The summed E-state index contributed by atoms with van der Waals surface area (Å²) in [5, 5.41) is 2.91. The molecular weight excluding hydrogens is 352 g/mol. The minimum absolute atomic E-state index is 0.189. The van der Waals surface area contributed by atoms with E-state index < -0.39 is 0 Å². The Morgan fingerprint density at radius 2 is 1.75 bits per heavy atom. The molecule has 28 heavy (non-hydrogen) atoms. The number of methoxy groups -OCH3 is 1. The van der Waals surface area contributed by atoms with Crippen molar-refractivity contribution in [1.82, 2.24) is 9.55 Å². The van der Waals surface area contributed by atoms with Gasteiger partial charge in [-0.1, -0.05) is 0 Å². The Morgan fingerprint density at radius 1 is 1.04 bits per heavy atom. The first-order chi connectivity index (χ1) is 13.5. The van der Waals surface area contributed by atoms with Gasteiger partial charge in [-0.15, -0.1) is 0 Å². The van der Waals surface area contributed by atoms with Crippen LogP contribution in [-0.4, -0.2) is 22.6 Å². The zero-order valence-electron chi connectivity index (χ0n) is 15.6. The third-order valence-corrected chi connectivity index (χ3v) is 4.66. The van der Waals surface area contributed by atoms with Crippen LogP contribution >= 0.6 is 0 Å². The van der Waals surface area contributed by atoms with E-state index in [9.17, 15) is 4.79 Å². The Balaban J connectivity index is 1.63. The molecule has 1 amide bonds. The fourth-order valence-corrected chi connectivity index (χ4v) is 3.11. The molecule has 140 valence electrons. The molecule has 0 radical (unpaired) electrons. The molecule has 0 aliphatic carbocycles. The van der Waals surface area contributed by atoms with Gasteiger partial charge in [-0.25, -0.2) is 4.98 Å². The second-order valence-electron chi connectivity index (χ2n) is 6.50. The standard InChI is InChI=1S/C22H20N4O2/c1-26-20-12-9-17(24-22(27)15-3-7-16(23)8-4-15)13-19(20)25-21(26)14-5-10-18(28-2)11-6-14/h3-13H,23H2,1-2H3,(H,24,27). The van der Waals surface area contributed by atoms with Crippen molar-refractivity contribution in [2.45, 2.75) is 0 Å². The summed E-state index contributed by atoms with van der Waals surface area (Å²) < 4.78 is 7.25. The number of hydrogen-bond donors (Lipinski definition) is 2. The minimum Gasteiger partial charge on any atom is -0.497 e. The van der Waals surface area contributed by atoms with Crippen molar-refractivity contribution in [3.05, 3.63) is 72.3 Å². The van der Waals surface area contributed by atoms with Crippen molar-refractivity contribution >= 4 is 28.3 Å². The predicted molar refractivity (Wildman–Crippen MR) is 112 cm³/mol. The minimum atomic E-state index is -0.189. The second-order valence-corrected chi connectivity index (χ2v) is 6.50. The van der Waals surface area contributed by atoms with E-state index in [1.807, 2.05) is 54.1 Å². The molecule has 6 heteroatoms. The molecule has 0 saturated heterocycles. The number of nitrogen functional groups attached to an aromatic ring is 1. The molecule has 0 aliphatic heterocycles. The van der Waals surface area contributed by atoms with E-state index in [1.165, 1.54) is 0 Å². The summed E-state index contributed by atoms with van der Waals surface area (Å²) in [7, 11) is 3.62. The summed E-state index contributed by atoms with van der Waals surface area (Å²) in [4.78, 5) is 17.2. The number of nitrogens with one attached hydrogen (secondary N) is 1. The van der Waals surface area contributed by atoms with E-state index in [4.69, 9.17) is 15.5 Å². The number of nitrogens with two attached hydrogens (primary N) is 1. The Hall–Kier alpha value is -3.80. The largest absolute Gasteiger partial charge is 0.497 e. The normalized spacial score (nSPS) is 10.8. The molecule has 0 spiro atoms. The number of carbonyl (C=O) groups is 1. The Bertz CT molecular complexity index is 1150. The maximum Gasteiger partial charge on any atom is 0.255 e. The van der Waals surface area contributed by atoms with E-state index in [-0.39, 0.29) is 5.91 Å². The number of anilines is 2.